The first-order valence-electron chi connectivity index (χ1n) is 6.72. The summed E-state index contributed by atoms with van der Waals surface area (Å²) in [6, 6.07) is 8.48. The smallest absolute Gasteiger partial charge is 0.242 e. The first-order chi connectivity index (χ1) is 10.2. The molecule has 2 aromatic heterocycles. The van der Waals surface area contributed by atoms with Crippen LogP contribution in [0.5, 0.6) is 5.88 Å². The summed E-state index contributed by atoms with van der Waals surface area (Å²) >= 11 is 5.39. The Labute approximate surface area is 127 Å². The number of aromatic amines is 1. The lowest BCUT2D eigenvalue weighted by molar-refractivity contribution is 0.401. The topological polar surface area (TPSA) is 55.7 Å². The van der Waals surface area contributed by atoms with Gasteiger partial charge in [0.15, 0.2) is 10.4 Å². The first kappa shape index (κ1) is 13.8. The molecule has 108 valence electrons. The molecule has 21 heavy (non-hydrogen) atoms. The molecule has 0 saturated heterocycles. The Morgan fingerprint density at radius 2 is 2.19 bits per heavy atom. The third-order valence-electron chi connectivity index (χ3n) is 3.43. The first-order valence-corrected chi connectivity index (χ1v) is 7.13. The van der Waals surface area contributed by atoms with E-state index in [1.807, 2.05) is 4.57 Å². The van der Waals surface area contributed by atoms with E-state index in [1.54, 1.807) is 7.11 Å². The molecule has 1 aromatic carbocycles. The quantitative estimate of drug-likeness (QED) is 0.752. The van der Waals surface area contributed by atoms with Gasteiger partial charge in [-0.25, -0.2) is 4.98 Å². The maximum absolute atomic E-state index is 5.39. The molecule has 0 aliphatic heterocycles. The molecular formula is C15H16N4OS. The Kier molecular flexibility index (Phi) is 3.70. The third-order valence-corrected chi connectivity index (χ3v) is 3.75. The van der Waals surface area contributed by atoms with E-state index < -0.39 is 0 Å². The van der Waals surface area contributed by atoms with Crippen LogP contribution in [0.1, 0.15) is 11.1 Å². The molecule has 0 saturated carbocycles. The fourth-order valence-corrected chi connectivity index (χ4v) is 2.70. The van der Waals surface area contributed by atoms with Gasteiger partial charge < -0.3 is 14.3 Å². The number of rotatable bonds is 4. The zero-order chi connectivity index (χ0) is 14.8. The summed E-state index contributed by atoms with van der Waals surface area (Å²) in [5.41, 5.74) is 4.07. The normalized spacial score (nSPS) is 11.0. The number of nitrogens with zero attached hydrogens (tertiary/aromatic N) is 3. The van der Waals surface area contributed by atoms with Gasteiger partial charge in [-0.05, 0) is 31.1 Å². The number of hydrogen-bond donors (Lipinski definition) is 1. The van der Waals surface area contributed by atoms with Crippen molar-refractivity contribution in [3.05, 3.63) is 46.5 Å². The van der Waals surface area contributed by atoms with Crippen LogP contribution >= 0.6 is 12.2 Å². The molecule has 0 bridgehead atoms. The second-order valence-corrected chi connectivity index (χ2v) is 5.29. The van der Waals surface area contributed by atoms with E-state index in [4.69, 9.17) is 17.0 Å². The summed E-state index contributed by atoms with van der Waals surface area (Å²) in [6.45, 7) is 2.86. The molecule has 0 radical (unpaired) electrons. The summed E-state index contributed by atoms with van der Waals surface area (Å²) in [7, 11) is 1.59. The van der Waals surface area contributed by atoms with Gasteiger partial charge in [0.25, 0.3) is 0 Å². The van der Waals surface area contributed by atoms with E-state index >= 15 is 0 Å². The predicted molar refractivity (Wildman–Crippen MR) is 84.1 cm³/mol. The van der Waals surface area contributed by atoms with Crippen molar-refractivity contribution < 1.29 is 4.74 Å². The highest BCUT2D eigenvalue weighted by Crippen LogP contribution is 2.20. The molecule has 6 heteroatoms. The van der Waals surface area contributed by atoms with Crippen LogP contribution in [0, 0.1) is 11.7 Å². The highest BCUT2D eigenvalue weighted by atomic mass is 32.1. The number of fused-ring (bicyclic) bond motifs is 1. The van der Waals surface area contributed by atoms with E-state index in [1.165, 1.54) is 17.5 Å². The maximum atomic E-state index is 5.39. The summed E-state index contributed by atoms with van der Waals surface area (Å²) in [5, 5.41) is 0. The van der Waals surface area contributed by atoms with Crippen LogP contribution in [0.4, 0.5) is 0 Å². The van der Waals surface area contributed by atoms with Gasteiger partial charge in [-0.1, -0.05) is 29.8 Å². The predicted octanol–water partition coefficient (Wildman–Crippen LogP) is 3.05. The van der Waals surface area contributed by atoms with Gasteiger partial charge in [-0.3, -0.25) is 0 Å². The fraction of sp³-hybridized carbons (Fsp3) is 0.267. The minimum absolute atomic E-state index is 0.514. The summed E-state index contributed by atoms with van der Waals surface area (Å²) in [6.07, 6.45) is 2.39. The number of benzene rings is 1. The van der Waals surface area contributed by atoms with E-state index in [0.29, 0.717) is 10.7 Å². The van der Waals surface area contributed by atoms with Crippen LogP contribution < -0.4 is 4.74 Å². The lowest BCUT2D eigenvalue weighted by atomic mass is 10.1. The highest BCUT2D eigenvalue weighted by molar-refractivity contribution is 7.71. The molecule has 3 aromatic rings. The third kappa shape index (κ3) is 2.67. The molecule has 0 spiro atoms. The second kappa shape index (κ2) is 5.65. The molecule has 5 nitrogen and oxygen atoms in total. The summed E-state index contributed by atoms with van der Waals surface area (Å²) < 4.78 is 7.85. The van der Waals surface area contributed by atoms with Gasteiger partial charge in [-0.15, -0.1) is 0 Å². The van der Waals surface area contributed by atoms with Crippen molar-refractivity contribution >= 4 is 23.4 Å². The van der Waals surface area contributed by atoms with Crippen molar-refractivity contribution in [1.29, 1.82) is 0 Å². The van der Waals surface area contributed by atoms with Crippen molar-refractivity contribution in [1.82, 2.24) is 19.5 Å². The Morgan fingerprint density at radius 1 is 1.33 bits per heavy atom. The average Bonchev–Trinajstić information content (AvgIpc) is 2.80. The number of aromatic nitrogens is 4. The van der Waals surface area contributed by atoms with Crippen molar-refractivity contribution in [3.63, 3.8) is 0 Å². The second-order valence-electron chi connectivity index (χ2n) is 4.90. The average molecular weight is 300 g/mol. The number of hydrogen-bond acceptors (Lipinski definition) is 4. The van der Waals surface area contributed by atoms with Crippen molar-refractivity contribution in [2.75, 3.05) is 7.11 Å². The summed E-state index contributed by atoms with van der Waals surface area (Å²) in [5.74, 6) is 0.514. The minimum Gasteiger partial charge on any atom is -0.479 e. The molecule has 2 heterocycles. The number of nitrogens with one attached hydrogen (secondary N) is 1. The Morgan fingerprint density at radius 3 is 2.95 bits per heavy atom. The van der Waals surface area contributed by atoms with Gasteiger partial charge in [0.2, 0.25) is 5.88 Å². The fourth-order valence-electron chi connectivity index (χ4n) is 2.42. The summed E-state index contributed by atoms with van der Waals surface area (Å²) in [4.78, 5) is 11.5. The van der Waals surface area contributed by atoms with Gasteiger partial charge in [-0.2, -0.15) is 4.98 Å². The lowest BCUT2D eigenvalue weighted by Gasteiger charge is -2.05. The van der Waals surface area contributed by atoms with Crippen LogP contribution in [0.15, 0.2) is 30.6 Å². The van der Waals surface area contributed by atoms with Gasteiger partial charge >= 0.3 is 0 Å². The Hall–Kier alpha value is -2.21. The number of imidazole rings is 1. The van der Waals surface area contributed by atoms with Crippen LogP contribution in [0.3, 0.4) is 0 Å². The molecule has 1 N–H and O–H groups in total. The molecule has 0 unspecified atom stereocenters. The molecule has 3 rings (SSSR count). The van der Waals surface area contributed by atoms with E-state index in [9.17, 15) is 0 Å². The van der Waals surface area contributed by atoms with E-state index in [0.717, 1.165) is 24.1 Å². The zero-order valence-electron chi connectivity index (χ0n) is 12.0. The van der Waals surface area contributed by atoms with Gasteiger partial charge in [0.1, 0.15) is 11.8 Å². The molecular weight excluding hydrogens is 284 g/mol. The highest BCUT2D eigenvalue weighted by Gasteiger charge is 2.11. The molecule has 0 atom stereocenters. The lowest BCUT2D eigenvalue weighted by Crippen LogP contribution is -2.03. The van der Waals surface area contributed by atoms with E-state index in [-0.39, 0.29) is 0 Å². The van der Waals surface area contributed by atoms with Gasteiger partial charge in [0.05, 0.1) is 7.11 Å². The Bertz CT molecular complexity index is 837. The van der Waals surface area contributed by atoms with Crippen molar-refractivity contribution in [3.8, 4) is 5.88 Å². The van der Waals surface area contributed by atoms with Crippen molar-refractivity contribution in [2.24, 2.45) is 0 Å². The van der Waals surface area contributed by atoms with Crippen LogP contribution in [-0.2, 0) is 13.0 Å². The zero-order valence-corrected chi connectivity index (χ0v) is 12.8. The van der Waals surface area contributed by atoms with Crippen LogP contribution in [-0.4, -0.2) is 26.6 Å². The number of methoxy groups -OCH3 is 1. The van der Waals surface area contributed by atoms with Crippen LogP contribution in [0.25, 0.3) is 11.2 Å². The number of aryl methyl sites for hydroxylation is 3. The van der Waals surface area contributed by atoms with Crippen molar-refractivity contribution in [2.45, 2.75) is 19.9 Å². The molecule has 0 aliphatic rings. The number of H-pyrrole nitrogens is 1. The minimum atomic E-state index is 0.514. The molecule has 0 fully saturated rings. The largest absolute Gasteiger partial charge is 0.479 e. The SMILES string of the molecule is COc1ncnc2c1[nH]c(=S)n2CCc1cccc(C)c1. The maximum Gasteiger partial charge on any atom is 0.242 e. The monoisotopic (exact) mass is 300 g/mol. The molecule has 0 amide bonds. The number of ether oxygens (including phenoxy) is 1. The van der Waals surface area contributed by atoms with Crippen LogP contribution in [0.2, 0.25) is 0 Å². The molecule has 0 aliphatic carbocycles. The Balaban J connectivity index is 1.94. The standard InChI is InChI=1S/C15H16N4OS/c1-10-4-3-5-11(8-10)6-7-19-13-12(18-15(19)21)14(20-2)17-9-16-13/h3-5,8-9H,6-7H2,1-2H3,(H,18,21). The van der Waals surface area contributed by atoms with Gasteiger partial charge in [0, 0.05) is 6.54 Å². The van der Waals surface area contributed by atoms with E-state index in [2.05, 4.69) is 46.1 Å².